The van der Waals surface area contributed by atoms with E-state index in [9.17, 15) is 0 Å². The molecule has 1 heteroatoms. The molecule has 0 amide bonds. The van der Waals surface area contributed by atoms with Crippen molar-refractivity contribution in [1.29, 1.82) is 0 Å². The molecule has 0 rings (SSSR count). The Hall–Kier alpha value is 0.870. The van der Waals surface area contributed by atoms with Crippen LogP contribution in [0.15, 0.2) is 0 Å². The zero-order valence-corrected chi connectivity index (χ0v) is 8.30. The molecule has 0 saturated heterocycles. The van der Waals surface area contributed by atoms with Gasteiger partial charge in [-0.3, -0.25) is 0 Å². The van der Waals surface area contributed by atoms with Gasteiger partial charge < -0.3 is 0 Å². The Morgan fingerprint density at radius 3 is 1.67 bits per heavy atom. The first-order chi connectivity index (χ1) is 2.56. The molecule has 0 nitrogen and oxygen atoms in total. The molecule has 6 heavy (non-hydrogen) atoms. The Labute approximate surface area is 54.9 Å². The van der Waals surface area contributed by atoms with Gasteiger partial charge in [0, 0.05) is 0 Å². The second-order valence-corrected chi connectivity index (χ2v) is 7.10. The van der Waals surface area contributed by atoms with E-state index >= 15 is 0 Å². The van der Waals surface area contributed by atoms with Gasteiger partial charge in [0.15, 0.2) is 0 Å². The minimum absolute atomic E-state index is 0.681. The van der Waals surface area contributed by atoms with Crippen molar-refractivity contribution >= 4 is 0 Å². The summed E-state index contributed by atoms with van der Waals surface area (Å²) in [5.41, 5.74) is 0. The van der Waals surface area contributed by atoms with Gasteiger partial charge in [0.05, 0.1) is 0 Å². The standard InChI is InChI=1S/C5H11.Hf/c1-4-5(2)3;/h4H2,1-3H3;. The molecule has 0 aliphatic carbocycles. The molecule has 0 heterocycles. The molecule has 0 aliphatic rings. The molecule has 0 N–H and O–H groups in total. The average Bonchev–Trinajstić information content (AvgIpc) is 1.35. The molecule has 35 valence electrons. The average molecular weight is 250 g/mol. The Bertz CT molecular complexity index is 33.7. The van der Waals surface area contributed by atoms with E-state index in [1.54, 1.807) is 0 Å². The van der Waals surface area contributed by atoms with Crippen molar-refractivity contribution in [2.24, 2.45) is 0 Å². The molecule has 0 saturated carbocycles. The van der Waals surface area contributed by atoms with Crippen molar-refractivity contribution in [3.8, 4) is 0 Å². The van der Waals surface area contributed by atoms with E-state index in [2.05, 4.69) is 20.8 Å². The van der Waals surface area contributed by atoms with Crippen molar-refractivity contribution in [3.63, 3.8) is 0 Å². The fourth-order valence-electron chi connectivity index (χ4n) is 0. The second kappa shape index (κ2) is 2.25. The number of hydrogen-bond donors (Lipinski definition) is 0. The van der Waals surface area contributed by atoms with Gasteiger partial charge in [-0.2, -0.15) is 0 Å². The first-order valence-electron chi connectivity index (χ1n) is 2.31. The zero-order valence-electron chi connectivity index (χ0n) is 4.71. The second-order valence-electron chi connectivity index (χ2n) is 2.24. The molecule has 0 aromatic carbocycles. The predicted molar refractivity (Wildman–Crippen MR) is 24.3 cm³/mol. The van der Waals surface area contributed by atoms with Crippen molar-refractivity contribution in [3.05, 3.63) is 0 Å². The first kappa shape index (κ1) is 6.87. The summed E-state index contributed by atoms with van der Waals surface area (Å²) in [6, 6.07) is 0. The maximum absolute atomic E-state index is 2.30. The van der Waals surface area contributed by atoms with Gasteiger partial charge in [0.1, 0.15) is 0 Å². The fourth-order valence-corrected chi connectivity index (χ4v) is 0. The van der Waals surface area contributed by atoms with Gasteiger partial charge in [-0.05, 0) is 0 Å². The molecule has 0 unspecified atom stereocenters. The zero-order chi connectivity index (χ0) is 5.21. The van der Waals surface area contributed by atoms with Crippen LogP contribution in [-0.4, -0.2) is 0 Å². The van der Waals surface area contributed by atoms with E-state index in [0.29, 0.717) is 3.17 Å². The molecule has 0 aliphatic heterocycles. The third kappa shape index (κ3) is 4.87. The van der Waals surface area contributed by atoms with E-state index in [1.165, 1.54) is 30.8 Å². The van der Waals surface area contributed by atoms with Crippen LogP contribution in [0.5, 0.6) is 0 Å². The summed E-state index contributed by atoms with van der Waals surface area (Å²) in [7, 11) is 0. The topological polar surface area (TPSA) is 0 Å². The Morgan fingerprint density at radius 1 is 1.50 bits per heavy atom. The Kier molecular flexibility index (Phi) is 2.57. The first-order valence-corrected chi connectivity index (χ1v) is 4.11. The normalized spacial score (nSPS) is 11.7. The molecule has 0 radical (unpaired) electrons. The van der Waals surface area contributed by atoms with Gasteiger partial charge in [0.25, 0.3) is 0 Å². The molecular formula is C5H11Hf. The monoisotopic (exact) mass is 251 g/mol. The van der Waals surface area contributed by atoms with Gasteiger partial charge in [0.2, 0.25) is 0 Å². The number of rotatable bonds is 1. The molecule has 0 aromatic rings. The summed E-state index contributed by atoms with van der Waals surface area (Å²) < 4.78 is 0.681. The van der Waals surface area contributed by atoms with Crippen molar-refractivity contribution in [1.82, 2.24) is 0 Å². The van der Waals surface area contributed by atoms with Gasteiger partial charge in [-0.15, -0.1) is 0 Å². The summed E-state index contributed by atoms with van der Waals surface area (Å²) >= 11 is 1.33. The van der Waals surface area contributed by atoms with Gasteiger partial charge >= 0.3 is 54.7 Å². The minimum atomic E-state index is 0.681. The summed E-state index contributed by atoms with van der Waals surface area (Å²) in [6.07, 6.45) is 1.33. The summed E-state index contributed by atoms with van der Waals surface area (Å²) in [5.74, 6) is 0. The van der Waals surface area contributed by atoms with Gasteiger partial charge in [-0.1, -0.05) is 0 Å². The van der Waals surface area contributed by atoms with Crippen LogP contribution in [0, 0.1) is 0 Å². The molecule has 0 bridgehead atoms. The van der Waals surface area contributed by atoms with Crippen molar-refractivity contribution in [2.75, 3.05) is 0 Å². The van der Waals surface area contributed by atoms with E-state index in [1.807, 2.05) is 0 Å². The van der Waals surface area contributed by atoms with Crippen molar-refractivity contribution in [2.45, 2.75) is 30.4 Å². The van der Waals surface area contributed by atoms with E-state index in [4.69, 9.17) is 0 Å². The van der Waals surface area contributed by atoms with Crippen LogP contribution in [0.2, 0.25) is 3.17 Å². The van der Waals surface area contributed by atoms with Crippen LogP contribution >= 0.6 is 0 Å². The number of hydrogen-bond acceptors (Lipinski definition) is 0. The van der Waals surface area contributed by atoms with Crippen LogP contribution in [0.25, 0.3) is 0 Å². The quantitative estimate of drug-likeness (QED) is 0.625. The van der Waals surface area contributed by atoms with Crippen LogP contribution in [0.4, 0.5) is 0 Å². The van der Waals surface area contributed by atoms with E-state index in [-0.39, 0.29) is 0 Å². The van der Waals surface area contributed by atoms with E-state index < -0.39 is 0 Å². The Morgan fingerprint density at radius 2 is 1.67 bits per heavy atom. The summed E-state index contributed by atoms with van der Waals surface area (Å²) in [6.45, 7) is 6.85. The maximum atomic E-state index is 2.30. The van der Waals surface area contributed by atoms with Crippen LogP contribution in [0.3, 0.4) is 0 Å². The van der Waals surface area contributed by atoms with Crippen molar-refractivity contribution < 1.29 is 24.4 Å². The fraction of sp³-hybridized carbons (Fsp3) is 1.00. The third-order valence-corrected chi connectivity index (χ3v) is 2.15. The summed E-state index contributed by atoms with van der Waals surface area (Å²) in [4.78, 5) is 0. The molecule has 0 fully saturated rings. The molecular weight excluding hydrogens is 239 g/mol. The van der Waals surface area contributed by atoms with Crippen LogP contribution in [-0.2, 0) is 24.4 Å². The molecule has 0 aromatic heterocycles. The molecule has 0 spiro atoms. The van der Waals surface area contributed by atoms with Gasteiger partial charge in [-0.25, -0.2) is 0 Å². The predicted octanol–water partition coefficient (Wildman–Crippen LogP) is 2.14. The SMILES string of the molecule is CC[C](C)(C)[Hf]. The summed E-state index contributed by atoms with van der Waals surface area (Å²) in [5, 5.41) is 0. The molecule has 0 atom stereocenters. The van der Waals surface area contributed by atoms with E-state index in [0.717, 1.165) is 0 Å². The Balaban J connectivity index is 3.17. The third-order valence-electron chi connectivity index (χ3n) is 0.884. The van der Waals surface area contributed by atoms with Crippen LogP contribution < -0.4 is 0 Å². The van der Waals surface area contributed by atoms with Crippen LogP contribution in [0.1, 0.15) is 27.2 Å².